The second kappa shape index (κ2) is 10.6. The lowest BCUT2D eigenvalue weighted by atomic mass is 9.45. The van der Waals surface area contributed by atoms with Gasteiger partial charge >= 0.3 is 5.97 Å². The minimum Gasteiger partial charge on any atom is -0.454 e. The molecule has 1 aromatic heterocycles. The third-order valence-electron chi connectivity index (χ3n) is 10.7. The summed E-state index contributed by atoms with van der Waals surface area (Å²) in [7, 11) is 0. The third kappa shape index (κ3) is 3.87. The Labute approximate surface area is 274 Å². The number of nitrogens with one attached hydrogen (secondary N) is 1. The molecule has 1 aliphatic carbocycles. The van der Waals surface area contributed by atoms with Gasteiger partial charge in [0.25, 0.3) is 0 Å². The summed E-state index contributed by atoms with van der Waals surface area (Å²) in [6.07, 6.45) is 0.792. The Kier molecular flexibility index (Phi) is 6.80. The zero-order valence-electron chi connectivity index (χ0n) is 24.5. The van der Waals surface area contributed by atoms with E-state index in [4.69, 9.17) is 27.9 Å². The number of ether oxygens (including phenoxy) is 1. The third-order valence-corrected chi connectivity index (χ3v) is 11.1. The number of alkyl halides is 2. The van der Waals surface area contributed by atoms with Gasteiger partial charge in [0.1, 0.15) is 22.7 Å². The Bertz CT molecular complexity index is 1850. The molecule has 3 unspecified atom stereocenters. The van der Waals surface area contributed by atoms with E-state index in [0.29, 0.717) is 21.8 Å². The predicted octanol–water partition coefficient (Wildman–Crippen LogP) is 7.54. The number of benzene rings is 3. The standard InChI is InChI=1S/C36H29Cl2F2N3O3/c37-24-11-12-25-26(16-24)42-33(45)36(25)28(23-13-14-41-27(38)15-23)30-32(44)46-31(22-9-5-2-6-10-22)29(21-7-3-1-4-8-21)43(30)35(36)17-34(18-35,19-39)20-40/h1-16,28-31H,17-20H2,(H,42,45)/t28?,29?,30?,31-,36-/m0/s1. The number of fused-ring (bicyclic) bond motifs is 5. The van der Waals surface area contributed by atoms with Gasteiger partial charge in [-0.25, -0.2) is 4.98 Å². The largest absolute Gasteiger partial charge is 0.454 e. The van der Waals surface area contributed by atoms with E-state index in [1.165, 1.54) is 0 Å². The maximum absolute atomic E-state index is 14.9. The van der Waals surface area contributed by atoms with E-state index in [1.54, 1.807) is 36.5 Å². The van der Waals surface area contributed by atoms with Crippen molar-refractivity contribution >= 4 is 40.8 Å². The van der Waals surface area contributed by atoms with Crippen LogP contribution in [0, 0.1) is 5.41 Å². The SMILES string of the molecule is O=C1O[C@@H](c2ccccc2)C(c2ccccc2)N2C1C(c1ccnc(Cl)c1)[C@@]1(C(=O)Nc3cc(Cl)ccc31)C21CC(CF)(CF)C1. The Morgan fingerprint density at radius 1 is 0.848 bits per heavy atom. The zero-order chi connectivity index (χ0) is 31.8. The van der Waals surface area contributed by atoms with E-state index < -0.39 is 59.8 Å². The summed E-state index contributed by atoms with van der Waals surface area (Å²) in [6.45, 7) is -1.80. The molecule has 6 nitrogen and oxygen atoms in total. The molecule has 3 aromatic carbocycles. The topological polar surface area (TPSA) is 71.5 Å². The summed E-state index contributed by atoms with van der Waals surface area (Å²) < 4.78 is 36.2. The van der Waals surface area contributed by atoms with Crippen LogP contribution in [0.25, 0.3) is 0 Å². The Hall–Kier alpha value is -3.85. The number of morpholine rings is 1. The van der Waals surface area contributed by atoms with Gasteiger partial charge in [-0.05, 0) is 59.4 Å². The highest BCUT2D eigenvalue weighted by Gasteiger charge is 2.82. The van der Waals surface area contributed by atoms with Gasteiger partial charge in [-0.3, -0.25) is 23.3 Å². The van der Waals surface area contributed by atoms with Gasteiger partial charge in [0, 0.05) is 33.8 Å². The van der Waals surface area contributed by atoms with E-state index in [1.807, 2.05) is 60.7 Å². The second-order valence-electron chi connectivity index (χ2n) is 13.0. The fourth-order valence-electron chi connectivity index (χ4n) is 9.13. The van der Waals surface area contributed by atoms with Crippen molar-refractivity contribution in [3.63, 3.8) is 0 Å². The Morgan fingerprint density at radius 2 is 1.52 bits per heavy atom. The second-order valence-corrected chi connectivity index (χ2v) is 13.8. The summed E-state index contributed by atoms with van der Waals surface area (Å²) >= 11 is 12.9. The minimum atomic E-state index is -1.46. The first-order valence-corrected chi connectivity index (χ1v) is 16.0. The van der Waals surface area contributed by atoms with Gasteiger partial charge in [-0.1, -0.05) is 89.9 Å². The van der Waals surface area contributed by atoms with Crippen LogP contribution in [0.1, 0.15) is 53.2 Å². The van der Waals surface area contributed by atoms with Crippen molar-refractivity contribution in [1.82, 2.24) is 9.88 Å². The fraction of sp³-hybridized carbons (Fsp3) is 0.306. The molecular weight excluding hydrogens is 631 g/mol. The first kappa shape index (κ1) is 29.5. The molecular formula is C36H29Cl2F2N3O3. The van der Waals surface area contributed by atoms with Crippen LogP contribution in [-0.4, -0.2) is 46.7 Å². The number of pyridine rings is 1. The molecule has 46 heavy (non-hydrogen) atoms. The summed E-state index contributed by atoms with van der Waals surface area (Å²) in [5.74, 6) is -1.73. The molecule has 0 radical (unpaired) electrons. The van der Waals surface area contributed by atoms with Crippen molar-refractivity contribution in [3.05, 3.63) is 130 Å². The van der Waals surface area contributed by atoms with Crippen molar-refractivity contribution in [3.8, 4) is 0 Å². The number of aromatic nitrogens is 1. The lowest BCUT2D eigenvalue weighted by molar-refractivity contribution is -0.200. The minimum absolute atomic E-state index is 0.00637. The molecule has 10 heteroatoms. The van der Waals surface area contributed by atoms with E-state index in [9.17, 15) is 18.4 Å². The number of halogens is 4. The normalized spacial score (nSPS) is 28.8. The maximum Gasteiger partial charge on any atom is 0.324 e. The number of rotatable bonds is 5. The first-order valence-electron chi connectivity index (χ1n) is 15.2. The smallest absolute Gasteiger partial charge is 0.324 e. The van der Waals surface area contributed by atoms with Gasteiger partial charge in [-0.15, -0.1) is 0 Å². The van der Waals surface area contributed by atoms with E-state index >= 15 is 0 Å². The lowest BCUT2D eigenvalue weighted by Gasteiger charge is -2.64. The van der Waals surface area contributed by atoms with Crippen LogP contribution in [0.4, 0.5) is 14.5 Å². The molecule has 1 N–H and O–H groups in total. The quantitative estimate of drug-likeness (QED) is 0.177. The van der Waals surface area contributed by atoms with Crippen molar-refractivity contribution in [1.29, 1.82) is 0 Å². The number of esters is 1. The van der Waals surface area contributed by atoms with E-state index in [2.05, 4.69) is 15.2 Å². The van der Waals surface area contributed by atoms with Crippen LogP contribution in [0.3, 0.4) is 0 Å². The Morgan fingerprint density at radius 3 is 2.17 bits per heavy atom. The average molecular weight is 661 g/mol. The number of hydrogen-bond acceptors (Lipinski definition) is 5. The number of carbonyl (C=O) groups excluding carboxylic acids is 2. The molecule has 8 rings (SSSR count). The molecule has 4 heterocycles. The van der Waals surface area contributed by atoms with Crippen LogP contribution >= 0.6 is 23.2 Å². The van der Waals surface area contributed by atoms with E-state index in [0.717, 1.165) is 11.1 Å². The number of nitrogens with zero attached hydrogens (tertiary/aromatic N) is 2. The zero-order valence-corrected chi connectivity index (χ0v) is 26.0. The Balaban J connectivity index is 1.47. The van der Waals surface area contributed by atoms with Gasteiger partial charge in [0.15, 0.2) is 0 Å². The molecule has 5 atom stereocenters. The highest BCUT2D eigenvalue weighted by Crippen LogP contribution is 2.74. The highest BCUT2D eigenvalue weighted by molar-refractivity contribution is 6.31. The predicted molar refractivity (Wildman–Crippen MR) is 170 cm³/mol. The molecule has 0 bridgehead atoms. The molecule has 4 aliphatic rings. The molecule has 3 fully saturated rings. The molecule has 2 saturated heterocycles. The van der Waals surface area contributed by atoms with Gasteiger partial charge < -0.3 is 10.1 Å². The van der Waals surface area contributed by atoms with E-state index in [-0.39, 0.29) is 23.9 Å². The van der Waals surface area contributed by atoms with Gasteiger partial charge in [0.2, 0.25) is 5.91 Å². The molecule has 1 amide bonds. The van der Waals surface area contributed by atoms with Gasteiger partial charge in [0.05, 0.1) is 19.4 Å². The average Bonchev–Trinajstić information content (AvgIpc) is 3.50. The van der Waals surface area contributed by atoms with Crippen molar-refractivity contribution in [2.24, 2.45) is 5.41 Å². The van der Waals surface area contributed by atoms with Crippen LogP contribution in [-0.2, 0) is 19.7 Å². The number of amides is 1. The van der Waals surface area contributed by atoms with Crippen LogP contribution in [0.15, 0.2) is 97.2 Å². The highest BCUT2D eigenvalue weighted by atomic mass is 35.5. The number of anilines is 1. The molecule has 3 aliphatic heterocycles. The van der Waals surface area contributed by atoms with Crippen LogP contribution in [0.2, 0.25) is 10.2 Å². The summed E-state index contributed by atoms with van der Waals surface area (Å²) in [6, 6.07) is 26.1. The van der Waals surface area contributed by atoms with Crippen LogP contribution < -0.4 is 5.32 Å². The maximum atomic E-state index is 14.9. The number of cyclic esters (lactones) is 1. The molecule has 2 spiro atoms. The molecule has 234 valence electrons. The van der Waals surface area contributed by atoms with Crippen molar-refractivity contribution in [2.75, 3.05) is 18.7 Å². The number of hydrogen-bond donors (Lipinski definition) is 1. The molecule has 1 saturated carbocycles. The van der Waals surface area contributed by atoms with Gasteiger partial charge in [-0.2, -0.15) is 0 Å². The monoisotopic (exact) mass is 659 g/mol. The van der Waals surface area contributed by atoms with Crippen LogP contribution in [0.5, 0.6) is 0 Å². The van der Waals surface area contributed by atoms with Crippen molar-refractivity contribution < 1.29 is 23.1 Å². The fourth-order valence-corrected chi connectivity index (χ4v) is 9.48. The first-order chi connectivity index (χ1) is 22.3. The summed E-state index contributed by atoms with van der Waals surface area (Å²) in [5.41, 5.74) is -0.634. The molecule has 4 aromatic rings. The number of carbonyl (C=O) groups is 2. The van der Waals surface area contributed by atoms with Crippen molar-refractivity contribution in [2.45, 2.75) is 47.9 Å². The lowest BCUT2D eigenvalue weighted by Crippen LogP contribution is -2.72. The summed E-state index contributed by atoms with van der Waals surface area (Å²) in [5, 5.41) is 3.67. The summed E-state index contributed by atoms with van der Waals surface area (Å²) in [4.78, 5) is 35.8.